The van der Waals surface area contributed by atoms with Crippen LogP contribution < -0.4 is 0 Å². The Hall–Kier alpha value is -0.820. The normalized spacial score (nSPS) is 18.5. The van der Waals surface area contributed by atoms with Gasteiger partial charge >= 0.3 is 0 Å². The Morgan fingerprint density at radius 3 is 2.76 bits per heavy atom. The van der Waals surface area contributed by atoms with Crippen LogP contribution in [0.25, 0.3) is 0 Å². The molecular weight excluding hydrogens is 242 g/mol. The van der Waals surface area contributed by atoms with Crippen LogP contribution >= 0.6 is 11.3 Å². The molecule has 0 aliphatic carbocycles. The number of thiazole rings is 1. The van der Waals surface area contributed by atoms with Crippen LogP contribution in [0.15, 0.2) is 0 Å². The first-order valence-corrected chi connectivity index (χ1v) is 6.22. The molecule has 1 unspecified atom stereocenters. The summed E-state index contributed by atoms with van der Waals surface area (Å²) >= 11 is 1.32. The van der Waals surface area contributed by atoms with Crippen LogP contribution in [0, 0.1) is 6.92 Å². The fraction of sp³-hybridized carbons (Fsp3) is 0.636. The highest BCUT2D eigenvalue weighted by atomic mass is 32.1. The molecule has 5 nitrogen and oxygen atoms in total. The molecule has 0 N–H and O–H groups in total. The van der Waals surface area contributed by atoms with Crippen LogP contribution in [0.3, 0.4) is 0 Å². The Kier molecular flexibility index (Phi) is 3.88. The molecule has 17 heavy (non-hydrogen) atoms. The van der Waals surface area contributed by atoms with Crippen molar-refractivity contribution in [1.29, 1.82) is 0 Å². The minimum Gasteiger partial charge on any atom is -0.373 e. The van der Waals surface area contributed by atoms with Gasteiger partial charge in [-0.3, -0.25) is 4.79 Å². The second kappa shape index (κ2) is 5.22. The molecule has 1 saturated heterocycles. The molecule has 0 bridgehead atoms. The number of hydrogen-bond acceptors (Lipinski definition) is 6. The lowest BCUT2D eigenvalue weighted by Crippen LogP contribution is -2.18. The van der Waals surface area contributed by atoms with Gasteiger partial charge < -0.3 is 14.2 Å². The lowest BCUT2D eigenvalue weighted by atomic mass is 10.3. The van der Waals surface area contributed by atoms with Gasteiger partial charge in [0, 0.05) is 7.11 Å². The molecule has 0 radical (unpaired) electrons. The van der Waals surface area contributed by atoms with Crippen LogP contribution in [0.2, 0.25) is 0 Å². The van der Waals surface area contributed by atoms with Crippen LogP contribution in [0.4, 0.5) is 0 Å². The maximum atomic E-state index is 11.9. The highest BCUT2D eigenvalue weighted by Gasteiger charge is 2.26. The van der Waals surface area contributed by atoms with Crippen molar-refractivity contribution >= 4 is 17.1 Å². The quantitative estimate of drug-likeness (QED) is 0.769. The first-order chi connectivity index (χ1) is 8.13. The van der Waals surface area contributed by atoms with Gasteiger partial charge in [-0.25, -0.2) is 4.98 Å². The van der Waals surface area contributed by atoms with Crippen LogP contribution in [-0.4, -0.2) is 37.2 Å². The highest BCUT2D eigenvalue weighted by Crippen LogP contribution is 2.31. The van der Waals surface area contributed by atoms with E-state index in [0.717, 1.165) is 10.6 Å². The molecular formula is C11H15NO4S. The summed E-state index contributed by atoms with van der Waals surface area (Å²) in [6.07, 6.45) is -0.842. The average Bonchev–Trinajstić information content (AvgIpc) is 2.95. The van der Waals surface area contributed by atoms with Gasteiger partial charge in [0.25, 0.3) is 0 Å². The number of carbonyl (C=O) groups is 1. The van der Waals surface area contributed by atoms with Crippen molar-refractivity contribution in [3.8, 4) is 0 Å². The van der Waals surface area contributed by atoms with E-state index in [4.69, 9.17) is 14.2 Å². The summed E-state index contributed by atoms with van der Waals surface area (Å²) in [5, 5.41) is 0.450. The van der Waals surface area contributed by atoms with Gasteiger partial charge in [-0.05, 0) is 13.8 Å². The monoisotopic (exact) mass is 257 g/mol. The number of rotatable bonds is 4. The Morgan fingerprint density at radius 2 is 2.18 bits per heavy atom. The first kappa shape index (κ1) is 12.6. The molecule has 1 aromatic heterocycles. The molecule has 1 aromatic rings. The summed E-state index contributed by atoms with van der Waals surface area (Å²) in [6.45, 7) is 4.73. The van der Waals surface area contributed by atoms with Gasteiger partial charge in [-0.1, -0.05) is 0 Å². The first-order valence-electron chi connectivity index (χ1n) is 5.41. The second-order valence-electron chi connectivity index (χ2n) is 3.78. The summed E-state index contributed by atoms with van der Waals surface area (Å²) in [5.41, 5.74) is 0.786. The SMILES string of the molecule is COC(C)C(=O)c1nc(C)c(C2OCCO2)s1. The van der Waals surface area contributed by atoms with Crippen molar-refractivity contribution in [3.63, 3.8) is 0 Å². The van der Waals surface area contributed by atoms with Crippen molar-refractivity contribution in [2.24, 2.45) is 0 Å². The van der Waals surface area contributed by atoms with Crippen molar-refractivity contribution in [2.45, 2.75) is 26.2 Å². The van der Waals surface area contributed by atoms with Gasteiger partial charge in [0.05, 0.1) is 23.8 Å². The molecule has 6 heteroatoms. The molecule has 1 aliphatic rings. The maximum Gasteiger partial charge on any atom is 0.219 e. The molecule has 94 valence electrons. The third-order valence-electron chi connectivity index (χ3n) is 2.60. The summed E-state index contributed by atoms with van der Waals surface area (Å²) in [7, 11) is 1.51. The number of ether oxygens (including phenoxy) is 3. The maximum absolute atomic E-state index is 11.9. The zero-order chi connectivity index (χ0) is 12.4. The molecule has 1 aliphatic heterocycles. The number of ketones is 1. The third kappa shape index (κ3) is 2.55. The molecule has 2 rings (SSSR count). The Bertz CT molecular complexity index is 412. The summed E-state index contributed by atoms with van der Waals surface area (Å²) < 4.78 is 15.8. The summed E-state index contributed by atoms with van der Waals surface area (Å²) in [4.78, 5) is 17.0. The summed E-state index contributed by atoms with van der Waals surface area (Å²) in [6, 6.07) is 0. The van der Waals surface area contributed by atoms with E-state index in [1.54, 1.807) is 6.92 Å². The van der Waals surface area contributed by atoms with Crippen LogP contribution in [0.5, 0.6) is 0 Å². The largest absolute Gasteiger partial charge is 0.373 e. The minimum atomic E-state index is -0.473. The molecule has 0 saturated carbocycles. The zero-order valence-electron chi connectivity index (χ0n) is 10.1. The fourth-order valence-electron chi connectivity index (χ4n) is 1.52. The van der Waals surface area contributed by atoms with E-state index < -0.39 is 6.10 Å². The Balaban J connectivity index is 2.20. The van der Waals surface area contributed by atoms with E-state index in [-0.39, 0.29) is 12.1 Å². The van der Waals surface area contributed by atoms with Crippen molar-refractivity contribution in [1.82, 2.24) is 4.98 Å². The lowest BCUT2D eigenvalue weighted by molar-refractivity contribution is -0.0418. The Morgan fingerprint density at radius 1 is 1.53 bits per heavy atom. The van der Waals surface area contributed by atoms with Crippen LogP contribution in [-0.2, 0) is 14.2 Å². The molecule has 1 atom stereocenters. The number of aryl methyl sites for hydroxylation is 1. The van der Waals surface area contributed by atoms with Gasteiger partial charge in [-0.15, -0.1) is 11.3 Å². The number of methoxy groups -OCH3 is 1. The van der Waals surface area contributed by atoms with E-state index in [0.29, 0.717) is 18.2 Å². The van der Waals surface area contributed by atoms with E-state index in [1.807, 2.05) is 6.92 Å². The molecule has 2 heterocycles. The predicted octanol–water partition coefficient (Wildman–Crippen LogP) is 1.71. The van der Waals surface area contributed by atoms with Crippen molar-refractivity contribution < 1.29 is 19.0 Å². The van der Waals surface area contributed by atoms with E-state index >= 15 is 0 Å². The molecule has 0 aromatic carbocycles. The third-order valence-corrected chi connectivity index (χ3v) is 3.80. The molecule has 0 spiro atoms. The van der Waals surface area contributed by atoms with Crippen molar-refractivity contribution in [2.75, 3.05) is 20.3 Å². The predicted molar refractivity (Wildman–Crippen MR) is 62.3 cm³/mol. The fourth-order valence-corrected chi connectivity index (χ4v) is 2.61. The van der Waals surface area contributed by atoms with Crippen LogP contribution in [0.1, 0.15) is 33.6 Å². The van der Waals surface area contributed by atoms with E-state index in [9.17, 15) is 4.79 Å². The van der Waals surface area contributed by atoms with Gasteiger partial charge in [0.1, 0.15) is 6.10 Å². The minimum absolute atomic E-state index is 0.107. The van der Waals surface area contributed by atoms with Crippen molar-refractivity contribution in [3.05, 3.63) is 15.6 Å². The molecule has 1 fully saturated rings. The number of hydrogen-bond donors (Lipinski definition) is 0. The number of nitrogens with zero attached hydrogens (tertiary/aromatic N) is 1. The van der Waals surface area contributed by atoms with Gasteiger partial charge in [0.2, 0.25) is 5.78 Å². The zero-order valence-corrected chi connectivity index (χ0v) is 10.9. The standard InChI is InChI=1S/C11H15NO4S/c1-6-9(11-15-4-5-16-11)17-10(12-6)8(13)7(2)14-3/h7,11H,4-5H2,1-3H3. The van der Waals surface area contributed by atoms with E-state index in [2.05, 4.69) is 4.98 Å². The smallest absolute Gasteiger partial charge is 0.219 e. The van der Waals surface area contributed by atoms with Gasteiger partial charge in [0.15, 0.2) is 11.3 Å². The number of carbonyl (C=O) groups excluding carboxylic acids is 1. The van der Waals surface area contributed by atoms with Gasteiger partial charge in [-0.2, -0.15) is 0 Å². The average molecular weight is 257 g/mol. The topological polar surface area (TPSA) is 57.7 Å². The summed E-state index contributed by atoms with van der Waals surface area (Å²) in [5.74, 6) is -0.107. The Labute approximate surface area is 104 Å². The molecule has 0 amide bonds. The highest BCUT2D eigenvalue weighted by molar-refractivity contribution is 7.13. The van der Waals surface area contributed by atoms with E-state index in [1.165, 1.54) is 18.4 Å². The number of aromatic nitrogens is 1. The second-order valence-corrected chi connectivity index (χ2v) is 4.82. The number of Topliss-reactive ketones (excluding diaryl/α,β-unsaturated/α-hetero) is 1. The lowest BCUT2D eigenvalue weighted by Gasteiger charge is -2.06.